The van der Waals surface area contributed by atoms with E-state index < -0.39 is 23.5 Å². The fraction of sp³-hybridized carbons (Fsp3) is 0.150. The topological polar surface area (TPSA) is 33.1 Å². The average molecular weight is 462 g/mol. The van der Waals surface area contributed by atoms with Crippen LogP contribution in [0.25, 0.3) is 31.4 Å². The first-order chi connectivity index (χ1) is 13.9. The SMILES string of the molecule is Cc1nc2sc3cc(-c4ccc(C(F)(F)F)cc4C(F)(F)F)ccc3c2c(O)c1Cl. The Bertz CT molecular complexity index is 1310. The third-order valence-electron chi connectivity index (χ3n) is 4.67. The van der Waals surface area contributed by atoms with E-state index in [4.69, 9.17) is 11.6 Å². The van der Waals surface area contributed by atoms with Crippen LogP contribution in [0.3, 0.4) is 0 Å². The van der Waals surface area contributed by atoms with Crippen molar-refractivity contribution >= 4 is 43.2 Å². The van der Waals surface area contributed by atoms with Gasteiger partial charge in [0.25, 0.3) is 0 Å². The van der Waals surface area contributed by atoms with Gasteiger partial charge in [0.2, 0.25) is 0 Å². The molecule has 0 fully saturated rings. The fourth-order valence-electron chi connectivity index (χ4n) is 3.25. The summed E-state index contributed by atoms with van der Waals surface area (Å²) in [6.07, 6.45) is -9.87. The van der Waals surface area contributed by atoms with Crippen LogP contribution in [0.15, 0.2) is 36.4 Å². The van der Waals surface area contributed by atoms with Crippen LogP contribution in [0.4, 0.5) is 26.3 Å². The van der Waals surface area contributed by atoms with Gasteiger partial charge in [-0.05, 0) is 36.2 Å². The average Bonchev–Trinajstić information content (AvgIpc) is 3.01. The molecule has 0 saturated carbocycles. The maximum atomic E-state index is 13.5. The minimum absolute atomic E-state index is 0.0772. The van der Waals surface area contributed by atoms with Crippen LogP contribution >= 0.6 is 22.9 Å². The Balaban J connectivity index is 1.96. The molecular weight excluding hydrogens is 452 g/mol. The van der Waals surface area contributed by atoms with Gasteiger partial charge in [0.05, 0.1) is 22.2 Å². The predicted molar refractivity (Wildman–Crippen MR) is 104 cm³/mol. The summed E-state index contributed by atoms with van der Waals surface area (Å²) in [5, 5.41) is 11.3. The lowest BCUT2D eigenvalue weighted by atomic mass is 9.96. The standard InChI is InChI=1S/C20H10ClF6NOS/c1-8-16(21)17(29)15-12-4-2-9(6-14(12)30-18(15)28-8)11-5-3-10(19(22,23)24)7-13(11)20(25,26)27/h2-7H,1H3,(H,28,29). The number of aromatic nitrogens is 1. The predicted octanol–water partition coefficient (Wildman–Crippen LogP) is 7.82. The number of thiophene rings is 1. The number of hydrogen-bond acceptors (Lipinski definition) is 3. The van der Waals surface area contributed by atoms with E-state index in [0.717, 1.165) is 17.4 Å². The number of hydrogen-bond donors (Lipinski definition) is 1. The fourth-order valence-corrected chi connectivity index (χ4v) is 4.55. The summed E-state index contributed by atoms with van der Waals surface area (Å²) in [7, 11) is 0. The molecule has 10 heteroatoms. The Kier molecular flexibility index (Phi) is 4.66. The lowest BCUT2D eigenvalue weighted by molar-refractivity contribution is -0.142. The smallest absolute Gasteiger partial charge is 0.417 e. The van der Waals surface area contributed by atoms with Crippen molar-refractivity contribution in [2.24, 2.45) is 0 Å². The third kappa shape index (κ3) is 3.35. The van der Waals surface area contributed by atoms with Gasteiger partial charge in [0.1, 0.15) is 15.6 Å². The Hall–Kier alpha value is -2.52. The summed E-state index contributed by atoms with van der Waals surface area (Å²) >= 11 is 7.18. The van der Waals surface area contributed by atoms with E-state index in [9.17, 15) is 31.4 Å². The number of fused-ring (bicyclic) bond motifs is 3. The van der Waals surface area contributed by atoms with Crippen LogP contribution in [0.2, 0.25) is 5.02 Å². The molecule has 0 radical (unpaired) electrons. The second-order valence-corrected chi connectivity index (χ2v) is 8.02. The van der Waals surface area contributed by atoms with Crippen LogP contribution in [0.1, 0.15) is 16.8 Å². The number of aromatic hydroxyl groups is 1. The number of benzene rings is 2. The first-order valence-electron chi connectivity index (χ1n) is 8.38. The molecule has 0 amide bonds. The molecule has 2 nitrogen and oxygen atoms in total. The van der Waals surface area contributed by atoms with E-state index in [1.165, 1.54) is 18.2 Å². The second-order valence-electron chi connectivity index (χ2n) is 6.61. The first kappa shape index (κ1) is 20.7. The number of halogens is 7. The van der Waals surface area contributed by atoms with Crippen molar-refractivity contribution in [1.29, 1.82) is 0 Å². The molecule has 1 N–H and O–H groups in total. The molecule has 0 bridgehead atoms. The number of alkyl halides is 6. The van der Waals surface area contributed by atoms with Crippen LogP contribution in [0, 0.1) is 6.92 Å². The Labute approximate surface area is 174 Å². The maximum Gasteiger partial charge on any atom is 0.417 e. The minimum atomic E-state index is -4.98. The summed E-state index contributed by atoms with van der Waals surface area (Å²) in [5.41, 5.74) is -2.63. The zero-order chi connectivity index (χ0) is 22.0. The molecule has 0 unspecified atom stereocenters. The van der Waals surface area contributed by atoms with Crippen molar-refractivity contribution in [1.82, 2.24) is 4.98 Å². The third-order valence-corrected chi connectivity index (χ3v) is 6.17. The van der Waals surface area contributed by atoms with E-state index in [0.29, 0.717) is 32.1 Å². The Morgan fingerprint density at radius 3 is 2.30 bits per heavy atom. The Morgan fingerprint density at radius 2 is 1.67 bits per heavy atom. The lowest BCUT2D eigenvalue weighted by Gasteiger charge is -2.16. The van der Waals surface area contributed by atoms with Crippen molar-refractivity contribution in [3.05, 3.63) is 58.2 Å². The van der Waals surface area contributed by atoms with Crippen molar-refractivity contribution in [3.8, 4) is 16.9 Å². The molecule has 2 aromatic carbocycles. The van der Waals surface area contributed by atoms with Gasteiger partial charge in [-0.1, -0.05) is 29.8 Å². The van der Waals surface area contributed by atoms with Crippen LogP contribution in [-0.4, -0.2) is 10.1 Å². The van der Waals surface area contributed by atoms with Crippen LogP contribution in [0.5, 0.6) is 5.75 Å². The molecule has 4 rings (SSSR count). The molecule has 156 valence electrons. The number of rotatable bonds is 1. The van der Waals surface area contributed by atoms with E-state index in [-0.39, 0.29) is 28.0 Å². The van der Waals surface area contributed by atoms with Crippen molar-refractivity contribution in [3.63, 3.8) is 0 Å². The molecular formula is C20H10ClF6NOS. The molecule has 0 spiro atoms. The molecule has 4 aromatic rings. The lowest BCUT2D eigenvalue weighted by Crippen LogP contribution is -2.12. The van der Waals surface area contributed by atoms with Gasteiger partial charge >= 0.3 is 12.4 Å². The van der Waals surface area contributed by atoms with Crippen molar-refractivity contribution in [2.75, 3.05) is 0 Å². The molecule has 2 aromatic heterocycles. The summed E-state index contributed by atoms with van der Waals surface area (Å²) in [5.74, 6) is -0.177. The summed E-state index contributed by atoms with van der Waals surface area (Å²) in [6, 6.07) is 5.84. The molecule has 30 heavy (non-hydrogen) atoms. The molecule has 0 saturated heterocycles. The van der Waals surface area contributed by atoms with Crippen LogP contribution < -0.4 is 0 Å². The number of pyridine rings is 1. The van der Waals surface area contributed by atoms with Gasteiger partial charge in [-0.2, -0.15) is 26.3 Å². The number of nitrogens with zero attached hydrogens (tertiary/aromatic N) is 1. The highest BCUT2D eigenvalue weighted by atomic mass is 35.5. The molecule has 0 aliphatic heterocycles. The zero-order valence-electron chi connectivity index (χ0n) is 14.9. The largest absolute Gasteiger partial charge is 0.506 e. The van der Waals surface area contributed by atoms with E-state index in [1.807, 2.05) is 0 Å². The normalized spacial score (nSPS) is 12.8. The molecule has 0 aliphatic carbocycles. The highest BCUT2D eigenvalue weighted by Crippen LogP contribution is 2.45. The van der Waals surface area contributed by atoms with E-state index in [1.54, 1.807) is 6.92 Å². The Morgan fingerprint density at radius 1 is 0.967 bits per heavy atom. The monoisotopic (exact) mass is 461 g/mol. The quantitative estimate of drug-likeness (QED) is 0.293. The van der Waals surface area contributed by atoms with Gasteiger partial charge in [0, 0.05) is 10.1 Å². The zero-order valence-corrected chi connectivity index (χ0v) is 16.5. The maximum absolute atomic E-state index is 13.5. The summed E-state index contributed by atoms with van der Waals surface area (Å²) in [4.78, 5) is 4.74. The van der Waals surface area contributed by atoms with Gasteiger partial charge in [0.15, 0.2) is 0 Å². The first-order valence-corrected chi connectivity index (χ1v) is 9.57. The molecule has 2 heterocycles. The van der Waals surface area contributed by atoms with E-state index in [2.05, 4.69) is 4.98 Å². The number of aryl methyl sites for hydroxylation is 1. The summed E-state index contributed by atoms with van der Waals surface area (Å²) in [6.45, 7) is 1.61. The molecule has 0 aliphatic rings. The van der Waals surface area contributed by atoms with Gasteiger partial charge < -0.3 is 5.11 Å². The van der Waals surface area contributed by atoms with E-state index >= 15 is 0 Å². The highest BCUT2D eigenvalue weighted by Gasteiger charge is 2.38. The van der Waals surface area contributed by atoms with Crippen molar-refractivity contribution in [2.45, 2.75) is 19.3 Å². The summed E-state index contributed by atoms with van der Waals surface area (Å²) < 4.78 is 79.8. The molecule has 0 atom stereocenters. The highest BCUT2D eigenvalue weighted by molar-refractivity contribution is 7.25. The van der Waals surface area contributed by atoms with Crippen molar-refractivity contribution < 1.29 is 31.4 Å². The minimum Gasteiger partial charge on any atom is -0.506 e. The van der Waals surface area contributed by atoms with Crippen LogP contribution in [-0.2, 0) is 12.4 Å². The van der Waals surface area contributed by atoms with Gasteiger partial charge in [-0.15, -0.1) is 11.3 Å². The van der Waals surface area contributed by atoms with Gasteiger partial charge in [-0.3, -0.25) is 0 Å². The second kappa shape index (κ2) is 6.75. The van der Waals surface area contributed by atoms with Gasteiger partial charge in [-0.25, -0.2) is 4.98 Å².